The zero-order chi connectivity index (χ0) is 18.9. The van der Waals surface area contributed by atoms with E-state index in [-0.39, 0.29) is 11.3 Å². The SMILES string of the molecule is COC(=O)C=CC1=C2N(Cc3ccc(Cl)cc3Cl)C(=O)CC2(C)CCC1. The van der Waals surface area contributed by atoms with E-state index in [0.29, 0.717) is 23.0 Å². The highest BCUT2D eigenvalue weighted by molar-refractivity contribution is 6.35. The molecule has 2 aliphatic rings. The topological polar surface area (TPSA) is 46.6 Å². The Hall–Kier alpha value is -1.78. The van der Waals surface area contributed by atoms with Crippen molar-refractivity contribution in [2.24, 2.45) is 5.41 Å². The smallest absolute Gasteiger partial charge is 0.330 e. The molecule has 1 heterocycles. The first-order valence-corrected chi connectivity index (χ1v) is 9.33. The number of halogens is 2. The van der Waals surface area contributed by atoms with Crippen LogP contribution in [0.2, 0.25) is 10.0 Å². The number of carbonyl (C=O) groups excluding carboxylic acids is 2. The van der Waals surface area contributed by atoms with E-state index in [1.165, 1.54) is 13.2 Å². The summed E-state index contributed by atoms with van der Waals surface area (Å²) in [5.74, 6) is -0.318. The first-order chi connectivity index (χ1) is 12.3. The van der Waals surface area contributed by atoms with Gasteiger partial charge < -0.3 is 9.64 Å². The summed E-state index contributed by atoms with van der Waals surface area (Å²) in [6.45, 7) is 2.52. The summed E-state index contributed by atoms with van der Waals surface area (Å²) >= 11 is 12.3. The molecule has 0 spiro atoms. The second-order valence-electron chi connectivity index (χ2n) is 7.04. The Bertz CT molecular complexity index is 815. The van der Waals surface area contributed by atoms with Gasteiger partial charge in [-0.1, -0.05) is 42.3 Å². The average Bonchev–Trinajstić information content (AvgIpc) is 2.85. The summed E-state index contributed by atoms with van der Waals surface area (Å²) in [7, 11) is 1.35. The number of nitrogens with zero attached hydrogens (tertiary/aromatic N) is 1. The van der Waals surface area contributed by atoms with Crippen LogP contribution in [0.1, 0.15) is 38.2 Å². The minimum atomic E-state index is -0.401. The molecule has 1 atom stereocenters. The van der Waals surface area contributed by atoms with Crippen molar-refractivity contribution in [3.63, 3.8) is 0 Å². The molecule has 1 aliphatic heterocycles. The van der Waals surface area contributed by atoms with Crippen LogP contribution in [-0.4, -0.2) is 23.9 Å². The molecule has 1 aromatic carbocycles. The second-order valence-corrected chi connectivity index (χ2v) is 7.88. The van der Waals surface area contributed by atoms with Crippen molar-refractivity contribution < 1.29 is 14.3 Å². The monoisotopic (exact) mass is 393 g/mol. The summed E-state index contributed by atoms with van der Waals surface area (Å²) in [5.41, 5.74) is 2.66. The molecule has 1 aliphatic carbocycles. The lowest BCUT2D eigenvalue weighted by Crippen LogP contribution is -2.28. The third-order valence-corrected chi connectivity index (χ3v) is 5.72. The van der Waals surface area contributed by atoms with Crippen LogP contribution in [0, 0.1) is 5.41 Å². The Morgan fingerprint density at radius 3 is 2.85 bits per heavy atom. The second kappa shape index (κ2) is 7.45. The first kappa shape index (κ1) is 19.0. The number of rotatable bonds is 4. The minimum absolute atomic E-state index is 0.0828. The summed E-state index contributed by atoms with van der Waals surface area (Å²) in [6, 6.07) is 5.31. The number of allylic oxidation sites excluding steroid dienone is 3. The minimum Gasteiger partial charge on any atom is -0.466 e. The molecule has 1 aromatic rings. The molecule has 1 amide bonds. The van der Waals surface area contributed by atoms with Crippen LogP contribution in [0.4, 0.5) is 0 Å². The molecule has 6 heteroatoms. The number of hydrogen-bond donors (Lipinski definition) is 0. The Morgan fingerprint density at radius 1 is 1.38 bits per heavy atom. The predicted molar refractivity (Wildman–Crippen MR) is 102 cm³/mol. The molecule has 3 rings (SSSR count). The van der Waals surface area contributed by atoms with Gasteiger partial charge in [-0.25, -0.2) is 4.79 Å². The number of benzene rings is 1. The molecule has 1 unspecified atom stereocenters. The summed E-state index contributed by atoms with van der Waals surface area (Å²) in [4.78, 5) is 26.1. The number of methoxy groups -OCH3 is 1. The molecular weight excluding hydrogens is 373 g/mol. The predicted octanol–water partition coefficient (Wildman–Crippen LogP) is 4.90. The Labute approximate surface area is 163 Å². The highest BCUT2D eigenvalue weighted by atomic mass is 35.5. The van der Waals surface area contributed by atoms with Gasteiger partial charge in [-0.15, -0.1) is 0 Å². The van der Waals surface area contributed by atoms with Gasteiger partial charge >= 0.3 is 5.97 Å². The highest BCUT2D eigenvalue weighted by Gasteiger charge is 2.46. The standard InChI is InChI=1S/C20H21Cl2NO3/c1-20-9-3-4-13(6-8-18(25)26-2)19(20)23(17(24)11-20)12-14-5-7-15(21)10-16(14)22/h5-8,10H,3-4,9,11-12H2,1-2H3. The van der Waals surface area contributed by atoms with Crippen LogP contribution in [0.25, 0.3) is 0 Å². The van der Waals surface area contributed by atoms with Crippen LogP contribution >= 0.6 is 23.2 Å². The van der Waals surface area contributed by atoms with Crippen LogP contribution < -0.4 is 0 Å². The van der Waals surface area contributed by atoms with Gasteiger partial charge in [0.1, 0.15) is 0 Å². The van der Waals surface area contributed by atoms with E-state index < -0.39 is 5.97 Å². The van der Waals surface area contributed by atoms with E-state index in [4.69, 9.17) is 23.2 Å². The molecule has 0 saturated carbocycles. The van der Waals surface area contributed by atoms with Gasteiger partial charge in [0.25, 0.3) is 0 Å². The molecule has 4 nitrogen and oxygen atoms in total. The molecule has 138 valence electrons. The lowest BCUT2D eigenvalue weighted by Gasteiger charge is -2.34. The van der Waals surface area contributed by atoms with Gasteiger partial charge in [-0.2, -0.15) is 0 Å². The fourth-order valence-electron chi connectivity index (χ4n) is 3.91. The van der Waals surface area contributed by atoms with Crippen LogP contribution in [0.15, 0.2) is 41.6 Å². The zero-order valence-corrected chi connectivity index (χ0v) is 16.4. The van der Waals surface area contributed by atoms with E-state index >= 15 is 0 Å². The van der Waals surface area contributed by atoms with Crippen molar-refractivity contribution in [3.8, 4) is 0 Å². The van der Waals surface area contributed by atoms with Crippen LogP contribution in [-0.2, 0) is 20.9 Å². The number of esters is 1. The quantitative estimate of drug-likeness (QED) is 0.539. The lowest BCUT2D eigenvalue weighted by molar-refractivity contribution is -0.134. The maximum atomic E-state index is 12.8. The summed E-state index contributed by atoms with van der Waals surface area (Å²) in [6.07, 6.45) is 6.45. The molecule has 0 N–H and O–H groups in total. The Morgan fingerprint density at radius 2 is 2.15 bits per heavy atom. The van der Waals surface area contributed by atoms with Gasteiger partial charge in [0.2, 0.25) is 5.91 Å². The molecule has 0 bridgehead atoms. The molecular formula is C20H21Cl2NO3. The van der Waals surface area contributed by atoms with Gasteiger partial charge in [-0.05, 0) is 42.5 Å². The van der Waals surface area contributed by atoms with Gasteiger partial charge in [-0.3, -0.25) is 4.79 Å². The third kappa shape index (κ3) is 3.67. The maximum absolute atomic E-state index is 12.8. The summed E-state index contributed by atoms with van der Waals surface area (Å²) in [5, 5.41) is 1.11. The van der Waals surface area contributed by atoms with Gasteiger partial charge in [0.15, 0.2) is 0 Å². The van der Waals surface area contributed by atoms with Crippen molar-refractivity contribution in [2.75, 3.05) is 7.11 Å². The third-order valence-electron chi connectivity index (χ3n) is 5.13. The number of ether oxygens (including phenoxy) is 1. The van der Waals surface area contributed by atoms with Gasteiger partial charge in [0, 0.05) is 33.7 Å². The molecule has 26 heavy (non-hydrogen) atoms. The summed E-state index contributed by atoms with van der Waals surface area (Å²) < 4.78 is 4.69. The first-order valence-electron chi connectivity index (χ1n) is 8.58. The zero-order valence-electron chi connectivity index (χ0n) is 14.9. The van der Waals surface area contributed by atoms with Crippen molar-refractivity contribution >= 4 is 35.1 Å². The average molecular weight is 394 g/mol. The van der Waals surface area contributed by atoms with Crippen molar-refractivity contribution in [3.05, 3.63) is 57.2 Å². The Kier molecular flexibility index (Phi) is 5.44. The molecule has 1 fully saturated rings. The van der Waals surface area contributed by atoms with Crippen LogP contribution in [0.3, 0.4) is 0 Å². The van der Waals surface area contributed by atoms with E-state index in [1.54, 1.807) is 18.2 Å². The number of likely N-dealkylation sites (tertiary alicyclic amines) is 1. The van der Waals surface area contributed by atoms with E-state index in [0.717, 1.165) is 36.1 Å². The van der Waals surface area contributed by atoms with Crippen molar-refractivity contribution in [1.29, 1.82) is 0 Å². The fraction of sp³-hybridized carbons (Fsp3) is 0.400. The number of fused-ring (bicyclic) bond motifs is 1. The number of hydrogen-bond acceptors (Lipinski definition) is 3. The highest BCUT2D eigenvalue weighted by Crippen LogP contribution is 2.50. The molecule has 0 aromatic heterocycles. The fourth-order valence-corrected chi connectivity index (χ4v) is 4.37. The molecule has 0 radical (unpaired) electrons. The number of carbonyl (C=O) groups is 2. The largest absolute Gasteiger partial charge is 0.466 e. The normalized spacial score (nSPS) is 22.9. The van der Waals surface area contributed by atoms with Gasteiger partial charge in [0.05, 0.1) is 13.7 Å². The Balaban J connectivity index is 2.00. The van der Waals surface area contributed by atoms with E-state index in [1.807, 2.05) is 11.0 Å². The molecule has 1 saturated heterocycles. The lowest BCUT2D eigenvalue weighted by atomic mass is 9.74. The van der Waals surface area contributed by atoms with Crippen molar-refractivity contribution in [1.82, 2.24) is 4.90 Å². The van der Waals surface area contributed by atoms with Crippen molar-refractivity contribution in [2.45, 2.75) is 39.2 Å². The van der Waals surface area contributed by atoms with E-state index in [2.05, 4.69) is 11.7 Å². The maximum Gasteiger partial charge on any atom is 0.330 e. The van der Waals surface area contributed by atoms with Crippen LogP contribution in [0.5, 0.6) is 0 Å². The van der Waals surface area contributed by atoms with E-state index in [9.17, 15) is 9.59 Å². The number of amides is 1.